The molecule has 0 aliphatic carbocycles. The molecule has 0 amide bonds. The van der Waals surface area contributed by atoms with E-state index in [2.05, 4.69) is 21.3 Å². The zero-order chi connectivity index (χ0) is 11.5. The molecule has 1 atom stereocenters. The number of hydrogen-bond acceptors (Lipinski definition) is 3. The monoisotopic (exact) mass is 297 g/mol. The maximum absolute atomic E-state index is 6.19. The summed E-state index contributed by atoms with van der Waals surface area (Å²) in [5.74, 6) is 0.848. The highest BCUT2D eigenvalue weighted by Gasteiger charge is 2.12. The molecule has 84 valence electrons. The van der Waals surface area contributed by atoms with Crippen molar-refractivity contribution in [1.82, 2.24) is 0 Å². The standard InChI is InChI=1S/C12H12BrNOS/c1-15-9-4-2-8(3-5-9)12(14)10-6-16-7-11(10)13/h2-7,12H,14H2,1H3. The molecule has 2 N–H and O–H groups in total. The molecule has 0 fully saturated rings. The van der Waals surface area contributed by atoms with Gasteiger partial charge in [-0.05, 0) is 44.6 Å². The van der Waals surface area contributed by atoms with Gasteiger partial charge in [-0.1, -0.05) is 12.1 Å². The van der Waals surface area contributed by atoms with E-state index in [0.717, 1.165) is 21.3 Å². The third kappa shape index (κ3) is 2.29. The number of methoxy groups -OCH3 is 1. The van der Waals surface area contributed by atoms with Crippen molar-refractivity contribution < 1.29 is 4.74 Å². The van der Waals surface area contributed by atoms with Gasteiger partial charge in [-0.15, -0.1) is 0 Å². The van der Waals surface area contributed by atoms with Crippen LogP contribution in [0.15, 0.2) is 39.5 Å². The fourth-order valence-corrected chi connectivity index (χ4v) is 3.08. The van der Waals surface area contributed by atoms with Gasteiger partial charge in [0.25, 0.3) is 0 Å². The fraction of sp³-hybridized carbons (Fsp3) is 0.167. The van der Waals surface area contributed by atoms with Crippen LogP contribution in [0.2, 0.25) is 0 Å². The van der Waals surface area contributed by atoms with Crippen LogP contribution in [0.1, 0.15) is 17.2 Å². The average molecular weight is 298 g/mol. The van der Waals surface area contributed by atoms with Crippen LogP contribution in [-0.4, -0.2) is 7.11 Å². The summed E-state index contributed by atoms with van der Waals surface area (Å²) in [6.45, 7) is 0. The SMILES string of the molecule is COc1ccc(C(N)c2cscc2Br)cc1. The predicted molar refractivity (Wildman–Crippen MR) is 71.0 cm³/mol. The van der Waals surface area contributed by atoms with E-state index in [-0.39, 0.29) is 6.04 Å². The highest BCUT2D eigenvalue weighted by Crippen LogP contribution is 2.30. The topological polar surface area (TPSA) is 35.2 Å². The molecule has 16 heavy (non-hydrogen) atoms. The van der Waals surface area contributed by atoms with Gasteiger partial charge in [-0.2, -0.15) is 11.3 Å². The van der Waals surface area contributed by atoms with Crippen molar-refractivity contribution in [2.24, 2.45) is 5.73 Å². The zero-order valence-electron chi connectivity index (χ0n) is 8.81. The molecule has 0 saturated heterocycles. The summed E-state index contributed by atoms with van der Waals surface area (Å²) in [7, 11) is 1.66. The molecule has 0 radical (unpaired) electrons. The van der Waals surface area contributed by atoms with Gasteiger partial charge in [0.05, 0.1) is 13.2 Å². The molecule has 0 aliphatic heterocycles. The molecule has 1 aromatic carbocycles. The van der Waals surface area contributed by atoms with Crippen LogP contribution in [0.25, 0.3) is 0 Å². The van der Waals surface area contributed by atoms with E-state index in [0.29, 0.717) is 0 Å². The van der Waals surface area contributed by atoms with Gasteiger partial charge in [0.1, 0.15) is 5.75 Å². The van der Waals surface area contributed by atoms with E-state index in [1.807, 2.05) is 29.6 Å². The second kappa shape index (κ2) is 4.99. The summed E-state index contributed by atoms with van der Waals surface area (Å²) >= 11 is 5.14. The molecule has 0 spiro atoms. The van der Waals surface area contributed by atoms with Crippen molar-refractivity contribution in [3.8, 4) is 5.75 Å². The summed E-state index contributed by atoms with van der Waals surface area (Å²) < 4.78 is 6.19. The van der Waals surface area contributed by atoms with Crippen LogP contribution >= 0.6 is 27.3 Å². The second-order valence-electron chi connectivity index (χ2n) is 3.43. The van der Waals surface area contributed by atoms with E-state index in [4.69, 9.17) is 10.5 Å². The number of hydrogen-bond donors (Lipinski definition) is 1. The zero-order valence-corrected chi connectivity index (χ0v) is 11.2. The molecule has 1 aromatic heterocycles. The number of halogens is 1. The van der Waals surface area contributed by atoms with Crippen LogP contribution < -0.4 is 10.5 Å². The first kappa shape index (κ1) is 11.6. The number of ether oxygens (including phenoxy) is 1. The highest BCUT2D eigenvalue weighted by molar-refractivity contribution is 9.10. The average Bonchev–Trinajstić information content (AvgIpc) is 2.75. The highest BCUT2D eigenvalue weighted by atomic mass is 79.9. The first-order valence-corrected chi connectivity index (χ1v) is 6.57. The second-order valence-corrected chi connectivity index (χ2v) is 5.02. The molecule has 1 unspecified atom stereocenters. The minimum atomic E-state index is -0.0912. The molecule has 2 nitrogen and oxygen atoms in total. The number of thiophene rings is 1. The number of benzene rings is 1. The first-order chi connectivity index (χ1) is 7.72. The maximum atomic E-state index is 6.19. The van der Waals surface area contributed by atoms with E-state index in [1.54, 1.807) is 18.4 Å². The van der Waals surface area contributed by atoms with Crippen molar-refractivity contribution in [2.45, 2.75) is 6.04 Å². The molecular formula is C12H12BrNOS. The first-order valence-electron chi connectivity index (χ1n) is 4.83. The molecule has 1 heterocycles. The largest absolute Gasteiger partial charge is 0.497 e. The van der Waals surface area contributed by atoms with Gasteiger partial charge in [0.15, 0.2) is 0 Å². The van der Waals surface area contributed by atoms with Crippen LogP contribution in [0.3, 0.4) is 0 Å². The number of rotatable bonds is 3. The Morgan fingerprint density at radius 1 is 1.25 bits per heavy atom. The minimum Gasteiger partial charge on any atom is -0.497 e. The van der Waals surface area contributed by atoms with Crippen molar-refractivity contribution in [2.75, 3.05) is 7.11 Å². The van der Waals surface area contributed by atoms with E-state index >= 15 is 0 Å². The van der Waals surface area contributed by atoms with Crippen LogP contribution in [-0.2, 0) is 0 Å². The lowest BCUT2D eigenvalue weighted by Crippen LogP contribution is -2.11. The van der Waals surface area contributed by atoms with Gasteiger partial charge >= 0.3 is 0 Å². The Bertz CT molecular complexity index is 466. The lowest BCUT2D eigenvalue weighted by molar-refractivity contribution is 0.414. The lowest BCUT2D eigenvalue weighted by atomic mass is 10.0. The van der Waals surface area contributed by atoms with Gasteiger partial charge in [-0.25, -0.2) is 0 Å². The van der Waals surface area contributed by atoms with Crippen LogP contribution in [0, 0.1) is 0 Å². The smallest absolute Gasteiger partial charge is 0.118 e. The lowest BCUT2D eigenvalue weighted by Gasteiger charge is -2.12. The maximum Gasteiger partial charge on any atom is 0.118 e. The molecule has 0 saturated carbocycles. The Labute approximate surface area is 107 Å². The van der Waals surface area contributed by atoms with Crippen LogP contribution in [0.4, 0.5) is 0 Å². The van der Waals surface area contributed by atoms with Gasteiger partial charge in [-0.3, -0.25) is 0 Å². The molecule has 2 rings (SSSR count). The normalized spacial score (nSPS) is 12.4. The Morgan fingerprint density at radius 3 is 2.44 bits per heavy atom. The van der Waals surface area contributed by atoms with Crippen molar-refractivity contribution in [1.29, 1.82) is 0 Å². The summed E-state index contributed by atoms with van der Waals surface area (Å²) in [6, 6.07) is 7.75. The summed E-state index contributed by atoms with van der Waals surface area (Å²) in [4.78, 5) is 0. The van der Waals surface area contributed by atoms with Crippen molar-refractivity contribution in [3.63, 3.8) is 0 Å². The van der Waals surface area contributed by atoms with Gasteiger partial charge in [0.2, 0.25) is 0 Å². The summed E-state index contributed by atoms with van der Waals surface area (Å²) in [5, 5.41) is 4.11. The van der Waals surface area contributed by atoms with E-state index in [9.17, 15) is 0 Å². The third-order valence-electron chi connectivity index (χ3n) is 2.45. The Kier molecular flexibility index (Phi) is 3.63. The molecule has 4 heteroatoms. The Hall–Kier alpha value is -0.840. The van der Waals surface area contributed by atoms with Gasteiger partial charge in [0, 0.05) is 9.85 Å². The quantitative estimate of drug-likeness (QED) is 0.940. The Balaban J connectivity index is 2.27. The molecule has 0 bridgehead atoms. The van der Waals surface area contributed by atoms with E-state index < -0.39 is 0 Å². The summed E-state index contributed by atoms with van der Waals surface area (Å²) in [5.41, 5.74) is 8.39. The predicted octanol–water partition coefficient (Wildman–Crippen LogP) is 3.57. The Morgan fingerprint density at radius 2 is 1.94 bits per heavy atom. The van der Waals surface area contributed by atoms with E-state index in [1.165, 1.54) is 0 Å². The molecule has 2 aromatic rings. The number of nitrogens with two attached hydrogens (primary N) is 1. The van der Waals surface area contributed by atoms with Gasteiger partial charge < -0.3 is 10.5 Å². The molecule has 0 aliphatic rings. The van der Waals surface area contributed by atoms with Crippen molar-refractivity contribution in [3.05, 3.63) is 50.6 Å². The summed E-state index contributed by atoms with van der Waals surface area (Å²) in [6.07, 6.45) is 0. The van der Waals surface area contributed by atoms with Crippen molar-refractivity contribution >= 4 is 27.3 Å². The molecular weight excluding hydrogens is 286 g/mol. The fourth-order valence-electron chi connectivity index (χ4n) is 1.50. The van der Waals surface area contributed by atoms with Crippen LogP contribution in [0.5, 0.6) is 5.75 Å². The third-order valence-corrected chi connectivity index (χ3v) is 4.20. The minimum absolute atomic E-state index is 0.0912.